The minimum absolute atomic E-state index is 0.115. The largest absolute Gasteiger partial charge is 0.480 e. The molecule has 0 atom stereocenters. The zero-order valence-corrected chi connectivity index (χ0v) is 13.2. The maximum Gasteiger partial charge on any atom is 0.233 e. The van der Waals surface area contributed by atoms with Gasteiger partial charge in [0.05, 0.1) is 12.8 Å². The zero-order chi connectivity index (χ0) is 16.3. The molecule has 0 aromatic carbocycles. The van der Waals surface area contributed by atoms with Crippen LogP contribution in [0.2, 0.25) is 0 Å². The van der Waals surface area contributed by atoms with Crippen LogP contribution in [0.1, 0.15) is 36.9 Å². The first-order valence-electron chi connectivity index (χ1n) is 7.70. The molecule has 1 amide bonds. The lowest BCUT2D eigenvalue weighted by atomic mass is 10.0. The molecule has 0 aliphatic carbocycles. The molecule has 7 heteroatoms. The molecule has 0 radical (unpaired) electrons. The molecule has 23 heavy (non-hydrogen) atoms. The summed E-state index contributed by atoms with van der Waals surface area (Å²) in [5.41, 5.74) is 1.54. The van der Waals surface area contributed by atoms with E-state index in [0.29, 0.717) is 38.2 Å². The highest BCUT2D eigenvalue weighted by Gasteiger charge is 2.39. The van der Waals surface area contributed by atoms with Crippen LogP contribution in [-0.4, -0.2) is 40.3 Å². The van der Waals surface area contributed by atoms with Gasteiger partial charge in [-0.3, -0.25) is 4.79 Å². The van der Waals surface area contributed by atoms with Crippen LogP contribution in [0, 0.1) is 12.3 Å². The lowest BCUT2D eigenvalue weighted by Gasteiger charge is -2.28. The number of amides is 1. The summed E-state index contributed by atoms with van der Waals surface area (Å²) in [6.07, 6.45) is 8.42. The fourth-order valence-electron chi connectivity index (χ4n) is 2.75. The van der Waals surface area contributed by atoms with Crippen LogP contribution in [0.3, 0.4) is 0 Å². The highest BCUT2D eigenvalue weighted by atomic mass is 16.5. The minimum atomic E-state index is -0.398. The Balaban J connectivity index is 1.56. The summed E-state index contributed by atoms with van der Waals surface area (Å²) in [5.74, 6) is 3.19. The van der Waals surface area contributed by atoms with E-state index in [1.165, 1.54) is 0 Å². The molecule has 2 aliphatic rings. The van der Waals surface area contributed by atoms with Crippen molar-refractivity contribution in [1.29, 1.82) is 0 Å². The van der Waals surface area contributed by atoms with Crippen molar-refractivity contribution in [2.75, 3.05) is 13.7 Å². The summed E-state index contributed by atoms with van der Waals surface area (Å²) >= 11 is 0. The fourth-order valence-corrected chi connectivity index (χ4v) is 2.75. The van der Waals surface area contributed by atoms with E-state index in [2.05, 4.69) is 26.3 Å². The van der Waals surface area contributed by atoms with E-state index in [4.69, 9.17) is 11.2 Å². The molecule has 1 aromatic heterocycles. The average Bonchev–Trinajstić information content (AvgIpc) is 3.37. The second kappa shape index (κ2) is 6.32. The van der Waals surface area contributed by atoms with Gasteiger partial charge in [-0.25, -0.2) is 0 Å². The van der Waals surface area contributed by atoms with Crippen LogP contribution in [-0.2, 0) is 17.8 Å². The van der Waals surface area contributed by atoms with Gasteiger partial charge in [0.1, 0.15) is 0 Å². The summed E-state index contributed by atoms with van der Waals surface area (Å²) in [6, 6.07) is 1.85. The molecule has 3 rings (SSSR count). The number of hydrogen-bond donors (Lipinski definition) is 0. The number of hydrogen-bond acceptors (Lipinski definition) is 6. The molecule has 0 fully saturated rings. The molecule has 0 N–H and O–H groups in total. The highest BCUT2D eigenvalue weighted by Crippen LogP contribution is 2.37. The Kier molecular flexibility index (Phi) is 4.24. The lowest BCUT2D eigenvalue weighted by Crippen LogP contribution is -2.37. The molecule has 0 bridgehead atoms. The summed E-state index contributed by atoms with van der Waals surface area (Å²) in [6.45, 7) is 1.21. The van der Waals surface area contributed by atoms with Crippen LogP contribution >= 0.6 is 0 Å². The van der Waals surface area contributed by atoms with E-state index in [1.807, 2.05) is 11.0 Å². The second-order valence-corrected chi connectivity index (χ2v) is 5.81. The van der Waals surface area contributed by atoms with Gasteiger partial charge in [-0.15, -0.1) is 17.4 Å². The minimum Gasteiger partial charge on any atom is -0.480 e. The van der Waals surface area contributed by atoms with Gasteiger partial charge < -0.3 is 9.64 Å². The Morgan fingerprint density at radius 1 is 1.43 bits per heavy atom. The Bertz CT molecular complexity index is 674. The number of ether oxygens (including phenoxy) is 1. The molecule has 3 heterocycles. The Morgan fingerprint density at radius 2 is 2.26 bits per heavy atom. The van der Waals surface area contributed by atoms with Crippen molar-refractivity contribution in [3.05, 3.63) is 17.3 Å². The van der Waals surface area contributed by atoms with Crippen molar-refractivity contribution in [3.63, 3.8) is 0 Å². The lowest BCUT2D eigenvalue weighted by molar-refractivity contribution is -0.132. The number of rotatable bonds is 6. The predicted octanol–water partition coefficient (Wildman–Crippen LogP) is 1.73. The van der Waals surface area contributed by atoms with E-state index in [1.54, 1.807) is 7.11 Å². The molecule has 0 unspecified atom stereocenters. The van der Waals surface area contributed by atoms with Crippen LogP contribution < -0.4 is 4.74 Å². The van der Waals surface area contributed by atoms with Gasteiger partial charge in [-0.1, -0.05) is 0 Å². The first-order chi connectivity index (χ1) is 11.2. The number of carbonyl (C=O) groups excluding carboxylic acids is 1. The van der Waals surface area contributed by atoms with E-state index < -0.39 is 5.66 Å². The average molecular weight is 313 g/mol. The second-order valence-electron chi connectivity index (χ2n) is 5.81. The van der Waals surface area contributed by atoms with Crippen molar-refractivity contribution >= 4 is 5.91 Å². The summed E-state index contributed by atoms with van der Waals surface area (Å²) in [4.78, 5) is 14.3. The molecule has 120 valence electrons. The predicted molar refractivity (Wildman–Crippen MR) is 82.6 cm³/mol. The van der Waals surface area contributed by atoms with Crippen molar-refractivity contribution in [3.8, 4) is 18.2 Å². The van der Waals surface area contributed by atoms with Gasteiger partial charge in [0.15, 0.2) is 5.66 Å². The van der Waals surface area contributed by atoms with Gasteiger partial charge >= 0.3 is 0 Å². The standard InChI is InChI=1S/C16H19N5O2/c1-3-4-7-16(19-20-16)8-5-15(22)21-9-6-13-12(11-21)10-14(23-2)18-17-13/h1,10H,4-9,11H2,2H3. The zero-order valence-electron chi connectivity index (χ0n) is 13.2. The number of aromatic nitrogens is 2. The first kappa shape index (κ1) is 15.4. The monoisotopic (exact) mass is 313 g/mol. The highest BCUT2D eigenvalue weighted by molar-refractivity contribution is 5.76. The van der Waals surface area contributed by atoms with Gasteiger partial charge in [-0.05, 0) is 0 Å². The number of methoxy groups -OCH3 is 1. The maximum absolute atomic E-state index is 12.4. The van der Waals surface area contributed by atoms with Gasteiger partial charge in [-0.2, -0.15) is 15.3 Å². The topological polar surface area (TPSA) is 80.0 Å². The molecule has 0 spiro atoms. The Morgan fingerprint density at radius 3 is 2.96 bits per heavy atom. The third-order valence-electron chi connectivity index (χ3n) is 4.27. The Labute approximate surface area is 135 Å². The van der Waals surface area contributed by atoms with E-state index in [9.17, 15) is 4.79 Å². The third-order valence-corrected chi connectivity index (χ3v) is 4.27. The number of fused-ring (bicyclic) bond motifs is 1. The van der Waals surface area contributed by atoms with Gasteiger partial charge in [0, 0.05) is 56.8 Å². The van der Waals surface area contributed by atoms with Crippen LogP contribution in [0.15, 0.2) is 16.3 Å². The Hall–Kier alpha value is -2.49. The molecule has 0 saturated heterocycles. The number of terminal acetylenes is 1. The van der Waals surface area contributed by atoms with Crippen LogP contribution in [0.5, 0.6) is 5.88 Å². The molecular weight excluding hydrogens is 294 g/mol. The quantitative estimate of drug-likeness (QED) is 0.749. The van der Waals surface area contributed by atoms with Crippen molar-refractivity contribution in [2.45, 2.75) is 44.3 Å². The van der Waals surface area contributed by atoms with E-state index in [-0.39, 0.29) is 5.91 Å². The molecule has 1 aromatic rings. The fraction of sp³-hybridized carbons (Fsp3) is 0.562. The number of nitrogens with zero attached hydrogens (tertiary/aromatic N) is 5. The smallest absolute Gasteiger partial charge is 0.233 e. The molecule has 7 nitrogen and oxygen atoms in total. The summed E-state index contributed by atoms with van der Waals surface area (Å²) < 4.78 is 5.10. The van der Waals surface area contributed by atoms with E-state index >= 15 is 0 Å². The van der Waals surface area contributed by atoms with Gasteiger partial charge in [0.25, 0.3) is 0 Å². The molecular formula is C16H19N5O2. The van der Waals surface area contributed by atoms with Crippen LogP contribution in [0.25, 0.3) is 0 Å². The first-order valence-corrected chi connectivity index (χ1v) is 7.70. The van der Waals surface area contributed by atoms with Gasteiger partial charge in [0.2, 0.25) is 11.8 Å². The maximum atomic E-state index is 12.4. The van der Waals surface area contributed by atoms with Crippen molar-refractivity contribution < 1.29 is 9.53 Å². The summed E-state index contributed by atoms with van der Waals surface area (Å²) in [5, 5.41) is 16.3. The molecule has 0 saturated carbocycles. The van der Waals surface area contributed by atoms with Crippen molar-refractivity contribution in [1.82, 2.24) is 15.1 Å². The summed E-state index contributed by atoms with van der Waals surface area (Å²) in [7, 11) is 1.56. The molecule has 2 aliphatic heterocycles. The normalized spacial score (nSPS) is 17.3. The van der Waals surface area contributed by atoms with Crippen molar-refractivity contribution in [2.24, 2.45) is 10.2 Å². The van der Waals surface area contributed by atoms with Crippen LogP contribution in [0.4, 0.5) is 0 Å². The third kappa shape index (κ3) is 3.47. The van der Waals surface area contributed by atoms with E-state index in [0.717, 1.165) is 24.1 Å². The SMILES string of the molecule is C#CCCC1(CCC(=O)N2CCc3nnc(OC)cc3C2)N=N1. The number of carbonyl (C=O) groups is 1.